The molecule has 0 aromatic heterocycles. The van der Waals surface area contributed by atoms with E-state index in [1.165, 1.54) is 12.1 Å². The molecular weight excluding hydrogens is 354 g/mol. The first kappa shape index (κ1) is 19.9. The van der Waals surface area contributed by atoms with Gasteiger partial charge in [0.05, 0.1) is 18.8 Å². The number of benzene rings is 2. The van der Waals surface area contributed by atoms with Crippen LogP contribution in [0.1, 0.15) is 24.0 Å². The van der Waals surface area contributed by atoms with Crippen LogP contribution in [0.4, 0.5) is 0 Å². The Morgan fingerprint density at radius 3 is 2.31 bits per heavy atom. The van der Waals surface area contributed by atoms with E-state index in [1.807, 2.05) is 30.3 Å². The molecule has 1 atom stereocenters. The van der Waals surface area contributed by atoms with Crippen LogP contribution in [0.25, 0.3) is 0 Å². The lowest BCUT2D eigenvalue weighted by Gasteiger charge is -2.17. The summed E-state index contributed by atoms with van der Waals surface area (Å²) in [5.74, 6) is -0.619. The Hall–Kier alpha value is -2.38. The van der Waals surface area contributed by atoms with Crippen LogP contribution in [-0.4, -0.2) is 33.8 Å². The van der Waals surface area contributed by atoms with Crippen LogP contribution in [0.5, 0.6) is 5.75 Å². The zero-order chi connectivity index (χ0) is 19.0. The minimum Gasteiger partial charge on any atom is -0.465 e. The lowest BCUT2D eigenvalue weighted by molar-refractivity contribution is -0.144. The number of hydrogen-bond acceptors (Lipinski definition) is 6. The van der Waals surface area contributed by atoms with E-state index in [9.17, 15) is 13.2 Å². The Morgan fingerprint density at radius 2 is 1.73 bits per heavy atom. The van der Waals surface area contributed by atoms with E-state index in [1.54, 1.807) is 19.1 Å². The van der Waals surface area contributed by atoms with Crippen molar-refractivity contribution in [2.75, 3.05) is 19.4 Å². The number of rotatable bonds is 9. The molecule has 1 N–H and O–H groups in total. The standard InChI is InChI=1S/C19H23NO5S/c1-3-24-19(21)18(14-20-13-15-7-5-4-6-8-15)16-9-11-17(12-10-16)25-26(2,22)23/h4-12,18,20H,3,13-14H2,1-2H3. The van der Waals surface area contributed by atoms with Crippen LogP contribution in [-0.2, 0) is 26.2 Å². The fourth-order valence-corrected chi connectivity index (χ4v) is 2.93. The lowest BCUT2D eigenvalue weighted by atomic mass is 9.99. The van der Waals surface area contributed by atoms with Crippen LogP contribution < -0.4 is 9.50 Å². The Bertz CT molecular complexity index is 804. The molecule has 2 aromatic rings. The van der Waals surface area contributed by atoms with E-state index in [-0.39, 0.29) is 11.7 Å². The number of carbonyl (C=O) groups is 1. The second kappa shape index (κ2) is 9.35. The number of esters is 1. The smallest absolute Gasteiger partial charge is 0.314 e. The molecule has 2 aromatic carbocycles. The maximum Gasteiger partial charge on any atom is 0.314 e. The minimum absolute atomic E-state index is 0.205. The lowest BCUT2D eigenvalue weighted by Crippen LogP contribution is -2.28. The van der Waals surface area contributed by atoms with Crippen molar-refractivity contribution in [1.82, 2.24) is 5.32 Å². The zero-order valence-corrected chi connectivity index (χ0v) is 15.7. The largest absolute Gasteiger partial charge is 0.465 e. The van der Waals surface area contributed by atoms with Gasteiger partial charge in [0, 0.05) is 13.1 Å². The molecule has 140 valence electrons. The molecule has 0 aliphatic heterocycles. The molecule has 0 saturated heterocycles. The Morgan fingerprint density at radius 1 is 1.08 bits per heavy atom. The van der Waals surface area contributed by atoms with Gasteiger partial charge in [0.25, 0.3) is 0 Å². The van der Waals surface area contributed by atoms with Gasteiger partial charge in [-0.1, -0.05) is 42.5 Å². The van der Waals surface area contributed by atoms with Crippen LogP contribution in [0.2, 0.25) is 0 Å². The van der Waals surface area contributed by atoms with Crippen molar-refractivity contribution in [2.45, 2.75) is 19.4 Å². The van der Waals surface area contributed by atoms with E-state index in [2.05, 4.69) is 5.32 Å². The molecule has 7 heteroatoms. The van der Waals surface area contributed by atoms with E-state index in [0.29, 0.717) is 19.7 Å². The van der Waals surface area contributed by atoms with Crippen molar-refractivity contribution in [3.8, 4) is 5.75 Å². The van der Waals surface area contributed by atoms with Crippen LogP contribution in [0.15, 0.2) is 54.6 Å². The topological polar surface area (TPSA) is 81.7 Å². The summed E-state index contributed by atoms with van der Waals surface area (Å²) < 4.78 is 32.4. The Balaban J connectivity index is 2.07. The fourth-order valence-electron chi connectivity index (χ4n) is 2.47. The second-order valence-electron chi connectivity index (χ2n) is 5.78. The predicted molar refractivity (Wildman–Crippen MR) is 99.4 cm³/mol. The average molecular weight is 377 g/mol. The highest BCUT2D eigenvalue weighted by Crippen LogP contribution is 2.21. The highest BCUT2D eigenvalue weighted by molar-refractivity contribution is 7.86. The quantitative estimate of drug-likeness (QED) is 0.534. The van der Waals surface area contributed by atoms with Gasteiger partial charge >= 0.3 is 16.1 Å². The molecule has 0 bridgehead atoms. The maximum absolute atomic E-state index is 12.3. The molecule has 0 spiro atoms. The maximum atomic E-state index is 12.3. The van der Waals surface area contributed by atoms with E-state index < -0.39 is 16.0 Å². The molecule has 0 fully saturated rings. The number of hydrogen-bond donors (Lipinski definition) is 1. The summed E-state index contributed by atoms with van der Waals surface area (Å²) in [4.78, 5) is 12.3. The van der Waals surface area contributed by atoms with Gasteiger partial charge in [-0.15, -0.1) is 0 Å². The second-order valence-corrected chi connectivity index (χ2v) is 7.35. The first-order valence-electron chi connectivity index (χ1n) is 8.29. The van der Waals surface area contributed by atoms with Crippen LogP contribution in [0.3, 0.4) is 0 Å². The molecular formula is C19H23NO5S. The van der Waals surface area contributed by atoms with Gasteiger partial charge in [0.2, 0.25) is 0 Å². The van der Waals surface area contributed by atoms with Crippen molar-refractivity contribution in [3.63, 3.8) is 0 Å². The van der Waals surface area contributed by atoms with Crippen molar-refractivity contribution in [3.05, 3.63) is 65.7 Å². The molecule has 0 amide bonds. The highest BCUT2D eigenvalue weighted by Gasteiger charge is 2.22. The number of carbonyl (C=O) groups excluding carboxylic acids is 1. The number of nitrogens with one attached hydrogen (secondary N) is 1. The van der Waals surface area contributed by atoms with Crippen molar-refractivity contribution < 1.29 is 22.1 Å². The summed E-state index contributed by atoms with van der Waals surface area (Å²) in [6.45, 7) is 3.09. The first-order valence-corrected chi connectivity index (χ1v) is 10.1. The summed E-state index contributed by atoms with van der Waals surface area (Å²) >= 11 is 0. The molecule has 0 heterocycles. The van der Waals surface area contributed by atoms with Crippen molar-refractivity contribution in [2.24, 2.45) is 0 Å². The third-order valence-electron chi connectivity index (χ3n) is 3.62. The molecule has 0 saturated carbocycles. The predicted octanol–water partition coefficient (Wildman–Crippen LogP) is 2.46. The van der Waals surface area contributed by atoms with Crippen molar-refractivity contribution in [1.29, 1.82) is 0 Å². The molecule has 0 aliphatic rings. The van der Waals surface area contributed by atoms with Crippen molar-refractivity contribution >= 4 is 16.1 Å². The van der Waals surface area contributed by atoms with Crippen LogP contribution in [0, 0.1) is 0 Å². The third-order valence-corrected chi connectivity index (χ3v) is 4.12. The van der Waals surface area contributed by atoms with E-state index in [0.717, 1.165) is 17.4 Å². The molecule has 0 aliphatic carbocycles. The third kappa shape index (κ3) is 6.50. The van der Waals surface area contributed by atoms with Gasteiger partial charge in [-0.25, -0.2) is 0 Å². The molecule has 0 radical (unpaired) electrons. The minimum atomic E-state index is -3.58. The summed E-state index contributed by atoms with van der Waals surface area (Å²) in [7, 11) is -3.58. The Labute approximate surface area is 154 Å². The first-order chi connectivity index (χ1) is 12.4. The highest BCUT2D eigenvalue weighted by atomic mass is 32.2. The van der Waals surface area contributed by atoms with Gasteiger partial charge in [-0.3, -0.25) is 4.79 Å². The van der Waals surface area contributed by atoms with E-state index in [4.69, 9.17) is 8.92 Å². The fraction of sp³-hybridized carbons (Fsp3) is 0.316. The normalized spacial score (nSPS) is 12.4. The molecule has 6 nitrogen and oxygen atoms in total. The zero-order valence-electron chi connectivity index (χ0n) is 14.8. The monoisotopic (exact) mass is 377 g/mol. The van der Waals surface area contributed by atoms with E-state index >= 15 is 0 Å². The molecule has 1 unspecified atom stereocenters. The molecule has 2 rings (SSSR count). The van der Waals surface area contributed by atoms with Gasteiger partial charge in [0.15, 0.2) is 0 Å². The van der Waals surface area contributed by atoms with Gasteiger partial charge in [0.1, 0.15) is 5.75 Å². The van der Waals surface area contributed by atoms with Gasteiger partial charge < -0.3 is 14.2 Å². The SMILES string of the molecule is CCOC(=O)C(CNCc1ccccc1)c1ccc(OS(C)(=O)=O)cc1. The summed E-state index contributed by atoms with van der Waals surface area (Å²) in [6, 6.07) is 16.3. The summed E-state index contributed by atoms with van der Waals surface area (Å²) in [5, 5.41) is 3.26. The Kier molecular flexibility index (Phi) is 7.17. The summed E-state index contributed by atoms with van der Waals surface area (Å²) in [5.41, 5.74) is 1.84. The number of ether oxygens (including phenoxy) is 1. The van der Waals surface area contributed by atoms with Gasteiger partial charge in [-0.05, 0) is 30.2 Å². The van der Waals surface area contributed by atoms with Crippen LogP contribution >= 0.6 is 0 Å². The molecule has 26 heavy (non-hydrogen) atoms. The van der Waals surface area contributed by atoms with Gasteiger partial charge in [-0.2, -0.15) is 8.42 Å². The average Bonchev–Trinajstić information content (AvgIpc) is 2.59. The summed E-state index contributed by atoms with van der Waals surface area (Å²) in [6.07, 6.45) is 0.982.